The molecule has 1 aliphatic carbocycles. The summed E-state index contributed by atoms with van der Waals surface area (Å²) in [7, 11) is 0. The highest BCUT2D eigenvalue weighted by atomic mass is 16.3. The van der Waals surface area contributed by atoms with Gasteiger partial charge in [-0.1, -0.05) is 30.3 Å². The molecule has 7 heteroatoms. The monoisotopic (exact) mass is 464 g/mol. The summed E-state index contributed by atoms with van der Waals surface area (Å²) < 4.78 is 0. The third kappa shape index (κ3) is 6.82. The number of β-amino-alcohol motifs (C(OH)–C–C–N with tert-alkyl or cyclic N) is 1. The lowest BCUT2D eigenvalue weighted by Gasteiger charge is -2.33. The normalized spacial score (nSPS) is 21.2. The lowest BCUT2D eigenvalue weighted by atomic mass is 9.80. The van der Waals surface area contributed by atoms with Gasteiger partial charge in [0.2, 0.25) is 0 Å². The van der Waals surface area contributed by atoms with Crippen LogP contribution in [0.25, 0.3) is 5.57 Å². The Morgan fingerprint density at radius 3 is 2.50 bits per heavy atom. The predicted molar refractivity (Wildman–Crippen MR) is 139 cm³/mol. The number of carbonyl (C=O) groups excluding carboxylic acids is 1. The number of nitrogens with zero attached hydrogens (tertiary/aromatic N) is 4. The Morgan fingerprint density at radius 2 is 1.85 bits per heavy atom. The number of ketones is 1. The summed E-state index contributed by atoms with van der Waals surface area (Å²) >= 11 is 0. The molecule has 34 heavy (non-hydrogen) atoms. The van der Waals surface area contributed by atoms with Gasteiger partial charge >= 0.3 is 0 Å². The SMILES string of the molecule is C=N/C=C\C(=C/C)c1ccccc1C1CC(=O)C(C=NCCN2CCN(CCO)CC2)=C(O)C1. The smallest absolute Gasteiger partial charge is 0.168 e. The summed E-state index contributed by atoms with van der Waals surface area (Å²) in [5.41, 5.74) is 3.42. The molecule has 2 aliphatic rings. The van der Waals surface area contributed by atoms with E-state index in [2.05, 4.69) is 26.5 Å². The van der Waals surface area contributed by atoms with E-state index in [-0.39, 0.29) is 24.1 Å². The van der Waals surface area contributed by atoms with E-state index in [4.69, 9.17) is 5.11 Å². The van der Waals surface area contributed by atoms with Crippen molar-refractivity contribution in [1.82, 2.24) is 9.80 Å². The van der Waals surface area contributed by atoms with Gasteiger partial charge in [0.05, 0.1) is 18.7 Å². The van der Waals surface area contributed by atoms with Crippen molar-refractivity contribution >= 4 is 24.3 Å². The molecule has 2 N–H and O–H groups in total. The first kappa shape index (κ1) is 25.7. The minimum atomic E-state index is -0.0869. The average molecular weight is 465 g/mol. The highest BCUT2D eigenvalue weighted by Gasteiger charge is 2.29. The maximum Gasteiger partial charge on any atom is 0.168 e. The Kier molecular flexibility index (Phi) is 9.94. The van der Waals surface area contributed by atoms with Crippen molar-refractivity contribution in [3.05, 3.63) is 65.1 Å². The fraction of sp³-hybridized carbons (Fsp3) is 0.444. The van der Waals surface area contributed by atoms with E-state index < -0.39 is 0 Å². The topological polar surface area (TPSA) is 88.7 Å². The van der Waals surface area contributed by atoms with Gasteiger partial charge in [0, 0.05) is 64.5 Å². The van der Waals surface area contributed by atoms with Crippen LogP contribution in [0.1, 0.15) is 36.8 Å². The van der Waals surface area contributed by atoms with E-state index in [1.54, 1.807) is 12.4 Å². The molecule has 1 saturated heterocycles. The summed E-state index contributed by atoms with van der Waals surface area (Å²) in [4.78, 5) is 25.7. The fourth-order valence-corrected chi connectivity index (χ4v) is 4.60. The number of aliphatic hydroxyl groups is 2. The Bertz CT molecular complexity index is 972. The van der Waals surface area contributed by atoms with Crippen LogP contribution in [0.3, 0.4) is 0 Å². The molecule has 1 fully saturated rings. The lowest BCUT2D eigenvalue weighted by Crippen LogP contribution is -2.47. The number of hydrogen-bond donors (Lipinski definition) is 2. The van der Waals surface area contributed by atoms with Crippen LogP contribution in [-0.4, -0.2) is 91.1 Å². The number of aliphatic imine (C=N–C) groups is 2. The first-order valence-corrected chi connectivity index (χ1v) is 12.0. The van der Waals surface area contributed by atoms with Crippen LogP contribution < -0.4 is 0 Å². The molecule has 1 heterocycles. The van der Waals surface area contributed by atoms with Crippen molar-refractivity contribution in [2.24, 2.45) is 9.98 Å². The summed E-state index contributed by atoms with van der Waals surface area (Å²) in [5, 5.41) is 19.8. The zero-order chi connectivity index (χ0) is 24.3. The van der Waals surface area contributed by atoms with E-state index in [1.165, 1.54) is 0 Å². The van der Waals surface area contributed by atoms with Crippen LogP contribution in [0.5, 0.6) is 0 Å². The highest BCUT2D eigenvalue weighted by molar-refractivity contribution is 6.14. The molecule has 0 aromatic heterocycles. The predicted octanol–water partition coefficient (Wildman–Crippen LogP) is 3.24. The Balaban J connectivity index is 1.62. The van der Waals surface area contributed by atoms with Gasteiger partial charge < -0.3 is 10.2 Å². The van der Waals surface area contributed by atoms with Gasteiger partial charge in [0.15, 0.2) is 5.78 Å². The zero-order valence-corrected chi connectivity index (χ0v) is 20.1. The molecule has 1 aromatic carbocycles. The second kappa shape index (κ2) is 13.1. The van der Waals surface area contributed by atoms with E-state index in [9.17, 15) is 9.90 Å². The largest absolute Gasteiger partial charge is 0.511 e. The molecule has 0 saturated carbocycles. The molecular formula is C27H36N4O3. The Morgan fingerprint density at radius 1 is 1.15 bits per heavy atom. The van der Waals surface area contributed by atoms with E-state index >= 15 is 0 Å². The maximum atomic E-state index is 12.9. The van der Waals surface area contributed by atoms with Gasteiger partial charge in [-0.3, -0.25) is 24.6 Å². The molecule has 182 valence electrons. The van der Waals surface area contributed by atoms with Gasteiger partial charge in [-0.15, -0.1) is 0 Å². The van der Waals surface area contributed by atoms with E-state index in [0.29, 0.717) is 25.0 Å². The third-order valence-electron chi connectivity index (χ3n) is 6.51. The Labute approximate surface area is 202 Å². The number of piperazine rings is 1. The summed E-state index contributed by atoms with van der Waals surface area (Å²) in [5.74, 6) is -0.0471. The van der Waals surface area contributed by atoms with Crippen molar-refractivity contribution in [1.29, 1.82) is 0 Å². The van der Waals surface area contributed by atoms with Gasteiger partial charge in [-0.25, -0.2) is 0 Å². The molecule has 7 nitrogen and oxygen atoms in total. The highest BCUT2D eigenvalue weighted by Crippen LogP contribution is 2.37. The van der Waals surface area contributed by atoms with Crippen LogP contribution in [0.15, 0.2) is 63.9 Å². The molecule has 0 spiro atoms. The minimum absolute atomic E-state index is 0.0738. The maximum absolute atomic E-state index is 12.9. The first-order chi connectivity index (χ1) is 16.6. The number of carbonyl (C=O) groups is 1. The minimum Gasteiger partial charge on any atom is -0.511 e. The number of aliphatic hydroxyl groups excluding tert-OH is 2. The number of Topliss-reactive ketones (excluding diaryl/α,β-unsaturated/α-hetero) is 1. The van der Waals surface area contributed by atoms with Crippen LogP contribution in [0.2, 0.25) is 0 Å². The lowest BCUT2D eigenvalue weighted by molar-refractivity contribution is -0.116. The molecular weight excluding hydrogens is 428 g/mol. The average Bonchev–Trinajstić information content (AvgIpc) is 2.85. The summed E-state index contributed by atoms with van der Waals surface area (Å²) in [6.07, 6.45) is 7.87. The number of benzene rings is 1. The molecule has 0 amide bonds. The zero-order valence-electron chi connectivity index (χ0n) is 20.1. The summed E-state index contributed by atoms with van der Waals surface area (Å²) in [6.45, 7) is 11.6. The molecule has 1 unspecified atom stereocenters. The molecule has 0 bridgehead atoms. The molecule has 3 rings (SSSR count). The summed E-state index contributed by atoms with van der Waals surface area (Å²) in [6, 6.07) is 8.00. The van der Waals surface area contributed by atoms with Crippen LogP contribution in [0, 0.1) is 0 Å². The molecule has 1 atom stereocenters. The van der Waals surface area contributed by atoms with Crippen molar-refractivity contribution in [2.45, 2.75) is 25.7 Å². The molecule has 0 radical (unpaired) electrons. The van der Waals surface area contributed by atoms with Crippen molar-refractivity contribution in [3.63, 3.8) is 0 Å². The van der Waals surface area contributed by atoms with E-state index in [1.807, 2.05) is 43.3 Å². The molecule has 1 aromatic rings. The number of hydrogen-bond acceptors (Lipinski definition) is 7. The van der Waals surface area contributed by atoms with E-state index in [0.717, 1.165) is 56.0 Å². The standard InChI is InChI=1S/C27H36N4O3/c1-3-21(8-9-28-2)23-6-4-5-7-24(23)22-18-26(33)25(27(34)19-22)20-29-10-11-30-12-14-31(15-13-30)16-17-32/h3-9,20,22,32-33H,2,10-19H2,1H3/b9-8-,21-3+,29-20?. The first-order valence-electron chi connectivity index (χ1n) is 12.0. The van der Waals surface area contributed by atoms with Gasteiger partial charge in [0.1, 0.15) is 5.76 Å². The number of rotatable bonds is 10. The number of allylic oxidation sites excluding steroid dienone is 5. The second-order valence-electron chi connectivity index (χ2n) is 8.66. The van der Waals surface area contributed by atoms with Gasteiger partial charge in [-0.05, 0) is 42.3 Å². The van der Waals surface area contributed by atoms with Crippen LogP contribution >= 0.6 is 0 Å². The van der Waals surface area contributed by atoms with Gasteiger partial charge in [-0.2, -0.15) is 0 Å². The van der Waals surface area contributed by atoms with Gasteiger partial charge in [0.25, 0.3) is 0 Å². The second-order valence-corrected chi connectivity index (χ2v) is 8.66. The third-order valence-corrected chi connectivity index (χ3v) is 6.51. The van der Waals surface area contributed by atoms with Crippen molar-refractivity contribution in [2.75, 3.05) is 52.4 Å². The van der Waals surface area contributed by atoms with Crippen molar-refractivity contribution in [3.8, 4) is 0 Å². The van der Waals surface area contributed by atoms with Crippen molar-refractivity contribution < 1.29 is 15.0 Å². The fourth-order valence-electron chi connectivity index (χ4n) is 4.60. The molecule has 1 aliphatic heterocycles. The quantitative estimate of drug-likeness (QED) is 0.410. The van der Waals surface area contributed by atoms with Crippen LogP contribution in [-0.2, 0) is 4.79 Å². The Hall–Kier alpha value is -2.87. The van der Waals surface area contributed by atoms with Crippen LogP contribution in [0.4, 0.5) is 0 Å².